The first-order valence-corrected chi connectivity index (χ1v) is 8.27. The summed E-state index contributed by atoms with van der Waals surface area (Å²) < 4.78 is 10.8. The fraction of sp³-hybridized carbons (Fsp3) is 0.222. The van der Waals surface area contributed by atoms with Gasteiger partial charge in [0.25, 0.3) is 5.69 Å². The number of nitro benzene ring substituents is 1. The number of nitrogens with zero attached hydrogens (tertiary/aromatic N) is 3. The maximum absolute atomic E-state index is 11.2. The van der Waals surface area contributed by atoms with Gasteiger partial charge in [0.1, 0.15) is 5.82 Å². The Morgan fingerprint density at radius 2 is 2.04 bits per heavy atom. The number of aromatic amines is 1. The first-order valence-electron chi connectivity index (χ1n) is 8.27. The molecule has 0 bridgehead atoms. The summed E-state index contributed by atoms with van der Waals surface area (Å²) in [6.45, 7) is 2.40. The van der Waals surface area contributed by atoms with Crippen molar-refractivity contribution in [2.75, 3.05) is 13.7 Å². The Labute approximate surface area is 155 Å². The van der Waals surface area contributed by atoms with E-state index >= 15 is 0 Å². The van der Waals surface area contributed by atoms with Crippen LogP contribution in [0.5, 0.6) is 11.5 Å². The standard InChI is InChI=1S/C18H19N5O4/c1-3-27-14-9-8-11(10-15(14)26-2)16(19)18-20-17(21-22-18)12-6-4-5-7-13(12)23(24)25/h4-10,16H,3,19H2,1-2H3,(H,20,21,22)/t16-/m0/s1. The van der Waals surface area contributed by atoms with Crippen molar-refractivity contribution in [1.82, 2.24) is 15.2 Å². The zero-order valence-electron chi connectivity index (χ0n) is 14.9. The number of nitro groups is 1. The first kappa shape index (κ1) is 18.3. The summed E-state index contributed by atoms with van der Waals surface area (Å²) >= 11 is 0. The number of hydrogen-bond donors (Lipinski definition) is 2. The fourth-order valence-corrected chi connectivity index (χ4v) is 2.67. The van der Waals surface area contributed by atoms with Crippen molar-refractivity contribution < 1.29 is 14.4 Å². The zero-order chi connectivity index (χ0) is 19.4. The topological polar surface area (TPSA) is 129 Å². The third kappa shape index (κ3) is 3.72. The molecule has 1 aromatic heterocycles. The molecular weight excluding hydrogens is 350 g/mol. The molecule has 0 aliphatic heterocycles. The molecule has 9 heteroatoms. The molecule has 0 amide bonds. The lowest BCUT2D eigenvalue weighted by molar-refractivity contribution is -0.384. The molecule has 3 aromatic rings. The van der Waals surface area contributed by atoms with Gasteiger partial charge in [0.15, 0.2) is 17.3 Å². The zero-order valence-corrected chi connectivity index (χ0v) is 14.9. The van der Waals surface area contributed by atoms with E-state index in [1.165, 1.54) is 6.07 Å². The molecule has 0 radical (unpaired) electrons. The SMILES string of the molecule is CCOc1ccc([C@H](N)c2nc(-c3ccccc3[N+](=O)[O-])n[nH]2)cc1OC. The van der Waals surface area contributed by atoms with Gasteiger partial charge in [0.05, 0.1) is 30.2 Å². The highest BCUT2D eigenvalue weighted by atomic mass is 16.6. The monoisotopic (exact) mass is 369 g/mol. The van der Waals surface area contributed by atoms with Crippen LogP contribution in [0.25, 0.3) is 11.4 Å². The number of nitrogens with one attached hydrogen (secondary N) is 1. The average Bonchev–Trinajstić information content (AvgIpc) is 3.18. The first-order chi connectivity index (χ1) is 13.0. The minimum Gasteiger partial charge on any atom is -0.493 e. The number of hydrogen-bond acceptors (Lipinski definition) is 7. The Bertz CT molecular complexity index is 956. The Morgan fingerprint density at radius 1 is 1.26 bits per heavy atom. The van der Waals surface area contributed by atoms with Crippen LogP contribution in [0.2, 0.25) is 0 Å². The molecule has 27 heavy (non-hydrogen) atoms. The van der Waals surface area contributed by atoms with Gasteiger partial charge in [0, 0.05) is 6.07 Å². The van der Waals surface area contributed by atoms with E-state index in [2.05, 4.69) is 15.2 Å². The van der Waals surface area contributed by atoms with Crippen molar-refractivity contribution in [3.63, 3.8) is 0 Å². The van der Waals surface area contributed by atoms with Crippen LogP contribution in [0.1, 0.15) is 24.4 Å². The van der Waals surface area contributed by atoms with Crippen LogP contribution in [0.4, 0.5) is 5.69 Å². The summed E-state index contributed by atoms with van der Waals surface area (Å²) in [5.41, 5.74) is 7.28. The maximum atomic E-state index is 11.2. The van der Waals surface area contributed by atoms with Crippen molar-refractivity contribution in [3.05, 3.63) is 64.0 Å². The Hall–Kier alpha value is -3.46. The number of H-pyrrole nitrogens is 1. The summed E-state index contributed by atoms with van der Waals surface area (Å²) in [7, 11) is 1.55. The van der Waals surface area contributed by atoms with Gasteiger partial charge in [-0.25, -0.2) is 4.98 Å². The molecule has 2 aromatic carbocycles. The molecule has 1 atom stereocenters. The van der Waals surface area contributed by atoms with E-state index in [0.717, 1.165) is 5.56 Å². The van der Waals surface area contributed by atoms with Crippen LogP contribution in [0.3, 0.4) is 0 Å². The van der Waals surface area contributed by atoms with Gasteiger partial charge in [-0.1, -0.05) is 18.2 Å². The van der Waals surface area contributed by atoms with Crippen molar-refractivity contribution in [1.29, 1.82) is 0 Å². The molecule has 1 heterocycles. The molecule has 140 valence electrons. The number of methoxy groups -OCH3 is 1. The van der Waals surface area contributed by atoms with Gasteiger partial charge in [-0.2, -0.15) is 5.10 Å². The molecule has 0 saturated carbocycles. The van der Waals surface area contributed by atoms with Crippen molar-refractivity contribution in [2.24, 2.45) is 5.73 Å². The van der Waals surface area contributed by atoms with Gasteiger partial charge >= 0.3 is 0 Å². The number of nitrogens with two attached hydrogens (primary N) is 1. The third-order valence-corrected chi connectivity index (χ3v) is 3.99. The van der Waals surface area contributed by atoms with Crippen LogP contribution < -0.4 is 15.2 Å². The minimum atomic E-state index is -0.612. The quantitative estimate of drug-likeness (QED) is 0.484. The predicted molar refractivity (Wildman–Crippen MR) is 98.7 cm³/mol. The maximum Gasteiger partial charge on any atom is 0.280 e. The van der Waals surface area contributed by atoms with Gasteiger partial charge in [-0.3, -0.25) is 15.2 Å². The smallest absolute Gasteiger partial charge is 0.280 e. The van der Waals surface area contributed by atoms with E-state index in [9.17, 15) is 10.1 Å². The summed E-state index contributed by atoms with van der Waals surface area (Å²) in [5, 5.41) is 18.1. The lowest BCUT2D eigenvalue weighted by Gasteiger charge is -2.13. The summed E-state index contributed by atoms with van der Waals surface area (Å²) in [5.74, 6) is 1.78. The highest BCUT2D eigenvalue weighted by Crippen LogP contribution is 2.32. The van der Waals surface area contributed by atoms with Gasteiger partial charge in [-0.15, -0.1) is 0 Å². The highest BCUT2D eigenvalue weighted by molar-refractivity contribution is 5.67. The molecule has 0 spiro atoms. The van der Waals surface area contributed by atoms with E-state index in [4.69, 9.17) is 15.2 Å². The van der Waals surface area contributed by atoms with E-state index in [1.54, 1.807) is 37.4 Å². The lowest BCUT2D eigenvalue weighted by atomic mass is 10.1. The number of rotatable bonds is 7. The number of aromatic nitrogens is 3. The molecule has 0 aliphatic carbocycles. The van der Waals surface area contributed by atoms with Crippen LogP contribution in [0, 0.1) is 10.1 Å². The van der Waals surface area contributed by atoms with Crippen LogP contribution in [0.15, 0.2) is 42.5 Å². The number of benzene rings is 2. The summed E-state index contributed by atoms with van der Waals surface area (Å²) in [4.78, 5) is 15.1. The van der Waals surface area contributed by atoms with Gasteiger partial charge < -0.3 is 15.2 Å². The van der Waals surface area contributed by atoms with Crippen LogP contribution in [-0.2, 0) is 0 Å². The van der Waals surface area contributed by atoms with Gasteiger partial charge in [-0.05, 0) is 30.7 Å². The van der Waals surface area contributed by atoms with Crippen molar-refractivity contribution in [3.8, 4) is 22.9 Å². The van der Waals surface area contributed by atoms with Crippen molar-refractivity contribution >= 4 is 5.69 Å². The fourth-order valence-electron chi connectivity index (χ4n) is 2.67. The predicted octanol–water partition coefficient (Wildman–Crippen LogP) is 2.84. The number of para-hydroxylation sites is 1. The van der Waals surface area contributed by atoms with Crippen LogP contribution in [-0.4, -0.2) is 33.8 Å². The second-order valence-corrected chi connectivity index (χ2v) is 5.64. The van der Waals surface area contributed by atoms with E-state index < -0.39 is 11.0 Å². The molecule has 0 fully saturated rings. The third-order valence-electron chi connectivity index (χ3n) is 3.99. The molecule has 9 nitrogen and oxygen atoms in total. The highest BCUT2D eigenvalue weighted by Gasteiger charge is 2.21. The molecule has 3 N–H and O–H groups in total. The van der Waals surface area contributed by atoms with Crippen molar-refractivity contribution in [2.45, 2.75) is 13.0 Å². The molecule has 3 rings (SSSR count). The largest absolute Gasteiger partial charge is 0.493 e. The molecule has 0 unspecified atom stereocenters. The number of ether oxygens (including phenoxy) is 2. The molecule has 0 saturated heterocycles. The second-order valence-electron chi connectivity index (χ2n) is 5.64. The Morgan fingerprint density at radius 3 is 2.74 bits per heavy atom. The minimum absolute atomic E-state index is 0.0700. The second kappa shape index (κ2) is 7.83. The van der Waals surface area contributed by atoms with Gasteiger partial charge in [0.2, 0.25) is 0 Å². The van der Waals surface area contributed by atoms with E-state index in [0.29, 0.717) is 29.5 Å². The Balaban J connectivity index is 1.92. The van der Waals surface area contributed by atoms with E-state index in [1.807, 2.05) is 13.0 Å². The summed E-state index contributed by atoms with van der Waals surface area (Å²) in [6.07, 6.45) is 0. The lowest BCUT2D eigenvalue weighted by Crippen LogP contribution is -2.14. The van der Waals surface area contributed by atoms with E-state index in [-0.39, 0.29) is 11.5 Å². The molecular formula is C18H19N5O4. The Kier molecular flexibility index (Phi) is 5.32. The summed E-state index contributed by atoms with van der Waals surface area (Å²) in [6, 6.07) is 11.0. The normalized spacial score (nSPS) is 11.8. The molecule has 0 aliphatic rings. The average molecular weight is 369 g/mol. The van der Waals surface area contributed by atoms with Crippen LogP contribution >= 0.6 is 0 Å².